The number of rotatable bonds is 3. The molecule has 0 aromatic heterocycles. The number of amides is 3. The van der Waals surface area contributed by atoms with Crippen molar-refractivity contribution in [3.63, 3.8) is 0 Å². The van der Waals surface area contributed by atoms with Crippen molar-refractivity contribution in [3.8, 4) is 0 Å². The fourth-order valence-corrected chi connectivity index (χ4v) is 1.85. The van der Waals surface area contributed by atoms with Gasteiger partial charge in [-0.3, -0.25) is 14.4 Å². The van der Waals surface area contributed by atoms with Gasteiger partial charge < -0.3 is 10.6 Å². The van der Waals surface area contributed by atoms with Crippen molar-refractivity contribution in [1.82, 2.24) is 4.90 Å². The minimum Gasteiger partial charge on any atom is -0.399 e. The summed E-state index contributed by atoms with van der Waals surface area (Å²) in [6, 6.07) is 6.30. The first kappa shape index (κ1) is 15.7. The zero-order valence-electron chi connectivity index (χ0n) is 11.9. The smallest absolute Gasteiger partial charge is 0.323 e. The predicted octanol–water partition coefficient (Wildman–Crippen LogP) is 1.02. The summed E-state index contributed by atoms with van der Waals surface area (Å²) in [5, 5.41) is 0. The van der Waals surface area contributed by atoms with Crippen LogP contribution in [0.3, 0.4) is 0 Å². The van der Waals surface area contributed by atoms with Crippen LogP contribution in [-0.2, 0) is 14.4 Å². The Labute approximate surface area is 118 Å². The molecule has 0 aliphatic heterocycles. The molecule has 0 radical (unpaired) electrons. The van der Waals surface area contributed by atoms with Crippen molar-refractivity contribution in [2.45, 2.75) is 20.8 Å². The van der Waals surface area contributed by atoms with E-state index in [1.807, 2.05) is 0 Å². The second-order valence-electron chi connectivity index (χ2n) is 4.23. The number of imide groups is 1. The number of nitrogen functional groups attached to an aromatic ring is 1. The minimum absolute atomic E-state index is 0.294. The van der Waals surface area contributed by atoms with Crippen LogP contribution in [0.4, 0.5) is 11.4 Å². The Morgan fingerprint density at radius 2 is 1.70 bits per heavy atom. The number of carbonyl (C=O) groups excluding carboxylic acids is 3. The Balaban J connectivity index is 3.12. The van der Waals surface area contributed by atoms with E-state index in [-0.39, 0.29) is 0 Å². The number of anilines is 2. The Morgan fingerprint density at radius 3 is 2.15 bits per heavy atom. The fraction of sp³-hybridized carbons (Fsp3) is 0.357. The maximum atomic E-state index is 12.2. The highest BCUT2D eigenvalue weighted by Crippen LogP contribution is 2.18. The number of nitrogens with zero attached hydrogens (tertiary/aromatic N) is 2. The largest absolute Gasteiger partial charge is 0.399 e. The van der Waals surface area contributed by atoms with Crippen LogP contribution < -0.4 is 10.6 Å². The van der Waals surface area contributed by atoms with Gasteiger partial charge in [-0.05, 0) is 32.0 Å². The highest BCUT2D eigenvalue weighted by atomic mass is 16.2. The summed E-state index contributed by atoms with van der Waals surface area (Å²) < 4.78 is 0. The van der Waals surface area contributed by atoms with Gasteiger partial charge in [-0.1, -0.05) is 6.07 Å². The van der Waals surface area contributed by atoms with Gasteiger partial charge in [0.2, 0.25) is 5.91 Å². The van der Waals surface area contributed by atoms with Gasteiger partial charge >= 0.3 is 11.8 Å². The molecule has 6 nitrogen and oxygen atoms in total. The van der Waals surface area contributed by atoms with Crippen LogP contribution in [-0.4, -0.2) is 35.7 Å². The topological polar surface area (TPSA) is 83.7 Å². The third-order valence-electron chi connectivity index (χ3n) is 2.88. The van der Waals surface area contributed by atoms with Crippen molar-refractivity contribution in [1.29, 1.82) is 0 Å². The summed E-state index contributed by atoms with van der Waals surface area (Å²) in [7, 11) is 0. The van der Waals surface area contributed by atoms with Crippen LogP contribution in [0.2, 0.25) is 0 Å². The van der Waals surface area contributed by atoms with Crippen LogP contribution in [0.25, 0.3) is 0 Å². The normalized spacial score (nSPS) is 9.95. The standard InChI is InChI=1S/C14H19N3O3/c1-4-16(5-2)13(19)14(20)17(10(3)18)12-8-6-7-11(15)9-12/h6-9H,4-5,15H2,1-3H3. The van der Waals surface area contributed by atoms with E-state index in [9.17, 15) is 14.4 Å². The molecule has 0 spiro atoms. The van der Waals surface area contributed by atoms with E-state index in [0.29, 0.717) is 24.5 Å². The van der Waals surface area contributed by atoms with Crippen molar-refractivity contribution in [2.24, 2.45) is 0 Å². The molecule has 2 N–H and O–H groups in total. The van der Waals surface area contributed by atoms with E-state index in [0.717, 1.165) is 4.90 Å². The van der Waals surface area contributed by atoms with Gasteiger partial charge in [0.1, 0.15) is 0 Å². The number of nitrogens with two attached hydrogens (primary N) is 1. The molecule has 0 aliphatic carbocycles. The molecule has 108 valence electrons. The Bertz CT molecular complexity index is 524. The quantitative estimate of drug-likeness (QED) is 0.660. The highest BCUT2D eigenvalue weighted by molar-refractivity contribution is 6.45. The predicted molar refractivity (Wildman–Crippen MR) is 76.9 cm³/mol. The average Bonchev–Trinajstić information content (AvgIpc) is 2.39. The molecule has 20 heavy (non-hydrogen) atoms. The summed E-state index contributed by atoms with van der Waals surface area (Å²) in [4.78, 5) is 38.2. The number of benzene rings is 1. The molecule has 1 rings (SSSR count). The SMILES string of the molecule is CCN(CC)C(=O)C(=O)N(C(C)=O)c1cccc(N)c1. The van der Waals surface area contributed by atoms with Gasteiger partial charge in [0.25, 0.3) is 0 Å². The van der Waals surface area contributed by atoms with E-state index < -0.39 is 17.7 Å². The lowest BCUT2D eigenvalue weighted by atomic mass is 10.2. The lowest BCUT2D eigenvalue weighted by molar-refractivity contribution is -0.145. The second kappa shape index (κ2) is 6.70. The number of likely N-dealkylation sites (N-methyl/N-ethyl adjacent to an activating group) is 1. The number of hydrogen-bond acceptors (Lipinski definition) is 4. The van der Waals surface area contributed by atoms with Gasteiger partial charge in [-0.25, -0.2) is 4.90 Å². The van der Waals surface area contributed by atoms with Gasteiger partial charge in [-0.2, -0.15) is 0 Å². The number of hydrogen-bond donors (Lipinski definition) is 1. The van der Waals surface area contributed by atoms with E-state index in [2.05, 4.69) is 0 Å². The average molecular weight is 277 g/mol. The summed E-state index contributed by atoms with van der Waals surface area (Å²) >= 11 is 0. The molecule has 0 aliphatic rings. The Hall–Kier alpha value is -2.37. The molecule has 6 heteroatoms. The second-order valence-corrected chi connectivity index (χ2v) is 4.23. The van der Waals surface area contributed by atoms with E-state index in [1.165, 1.54) is 17.9 Å². The van der Waals surface area contributed by atoms with Gasteiger partial charge in [-0.15, -0.1) is 0 Å². The molecule has 3 amide bonds. The molecule has 0 fully saturated rings. The van der Waals surface area contributed by atoms with Crippen LogP contribution in [0.1, 0.15) is 20.8 Å². The maximum absolute atomic E-state index is 12.2. The van der Waals surface area contributed by atoms with Crippen LogP contribution in [0.15, 0.2) is 24.3 Å². The molecule has 0 saturated heterocycles. The highest BCUT2D eigenvalue weighted by Gasteiger charge is 2.29. The van der Waals surface area contributed by atoms with Crippen molar-refractivity contribution < 1.29 is 14.4 Å². The zero-order chi connectivity index (χ0) is 15.3. The molecule has 0 bridgehead atoms. The van der Waals surface area contributed by atoms with Crippen LogP contribution in [0.5, 0.6) is 0 Å². The molecule has 0 atom stereocenters. The summed E-state index contributed by atoms with van der Waals surface area (Å²) in [5.41, 5.74) is 6.35. The van der Waals surface area contributed by atoms with Gasteiger partial charge in [0, 0.05) is 25.7 Å². The lowest BCUT2D eigenvalue weighted by Crippen LogP contribution is -2.47. The monoisotopic (exact) mass is 277 g/mol. The maximum Gasteiger partial charge on any atom is 0.323 e. The number of carbonyl (C=O) groups is 3. The Kier molecular flexibility index (Phi) is 5.25. The third kappa shape index (κ3) is 3.34. The molecular formula is C14H19N3O3. The van der Waals surface area contributed by atoms with E-state index in [4.69, 9.17) is 5.73 Å². The lowest BCUT2D eigenvalue weighted by Gasteiger charge is -2.23. The fourth-order valence-electron chi connectivity index (χ4n) is 1.85. The summed E-state index contributed by atoms with van der Waals surface area (Å²) in [5.74, 6) is -2.10. The molecular weight excluding hydrogens is 258 g/mol. The van der Waals surface area contributed by atoms with Crippen molar-refractivity contribution in [3.05, 3.63) is 24.3 Å². The molecule has 1 aromatic rings. The van der Waals surface area contributed by atoms with Crippen LogP contribution in [0, 0.1) is 0 Å². The minimum atomic E-state index is -0.869. The summed E-state index contributed by atoms with van der Waals surface area (Å²) in [6.45, 7) is 5.59. The molecule has 0 saturated carbocycles. The zero-order valence-corrected chi connectivity index (χ0v) is 11.9. The van der Waals surface area contributed by atoms with E-state index >= 15 is 0 Å². The Morgan fingerprint density at radius 1 is 1.10 bits per heavy atom. The molecule has 1 aromatic carbocycles. The van der Waals surface area contributed by atoms with Gasteiger partial charge in [0.05, 0.1) is 5.69 Å². The first-order chi connectivity index (χ1) is 9.42. The third-order valence-corrected chi connectivity index (χ3v) is 2.88. The first-order valence-corrected chi connectivity index (χ1v) is 6.41. The molecule has 0 heterocycles. The first-order valence-electron chi connectivity index (χ1n) is 6.41. The van der Waals surface area contributed by atoms with Gasteiger partial charge in [0.15, 0.2) is 0 Å². The van der Waals surface area contributed by atoms with E-state index in [1.54, 1.807) is 32.0 Å². The molecule has 0 unspecified atom stereocenters. The van der Waals surface area contributed by atoms with Crippen molar-refractivity contribution >= 4 is 29.1 Å². The van der Waals surface area contributed by atoms with Crippen molar-refractivity contribution in [2.75, 3.05) is 23.7 Å². The summed E-state index contributed by atoms with van der Waals surface area (Å²) in [6.07, 6.45) is 0. The van der Waals surface area contributed by atoms with Crippen LogP contribution >= 0.6 is 0 Å².